The molecule has 6 heteroatoms. The first-order chi connectivity index (χ1) is 12.8. The topological polar surface area (TPSA) is 80.9 Å². The molecule has 132 valence electrons. The second-order valence-corrected chi connectivity index (χ2v) is 6.49. The molecular formula is C20H20N4O2. The molecule has 3 aromatic rings. The zero-order valence-corrected chi connectivity index (χ0v) is 14.4. The first kappa shape index (κ1) is 16.4. The SMILES string of the molecule is O=C(C[C@H]1CCc2ccccc21)NCCc1nc(-c2cccnc2)no1. The van der Waals surface area contributed by atoms with E-state index < -0.39 is 0 Å². The third-order valence-corrected chi connectivity index (χ3v) is 4.74. The van der Waals surface area contributed by atoms with Crippen LogP contribution in [0.2, 0.25) is 0 Å². The number of carbonyl (C=O) groups excluding carboxylic acids is 1. The summed E-state index contributed by atoms with van der Waals surface area (Å²) in [5, 5.41) is 6.91. The molecule has 6 nitrogen and oxygen atoms in total. The van der Waals surface area contributed by atoms with Crippen molar-refractivity contribution in [1.82, 2.24) is 20.4 Å². The van der Waals surface area contributed by atoms with Crippen LogP contribution in [0.25, 0.3) is 11.4 Å². The van der Waals surface area contributed by atoms with Crippen molar-refractivity contribution in [2.24, 2.45) is 0 Å². The van der Waals surface area contributed by atoms with Gasteiger partial charge >= 0.3 is 0 Å². The number of hydrogen-bond donors (Lipinski definition) is 1. The molecule has 0 spiro atoms. The van der Waals surface area contributed by atoms with Crippen molar-refractivity contribution in [1.29, 1.82) is 0 Å². The normalized spacial score (nSPS) is 15.6. The molecular weight excluding hydrogens is 328 g/mol. The number of nitrogens with one attached hydrogen (secondary N) is 1. The number of rotatable bonds is 6. The number of aromatic nitrogens is 3. The van der Waals surface area contributed by atoms with E-state index in [1.165, 1.54) is 11.1 Å². The van der Waals surface area contributed by atoms with E-state index in [0.29, 0.717) is 37.0 Å². The van der Waals surface area contributed by atoms with Crippen molar-refractivity contribution in [3.05, 3.63) is 65.8 Å². The summed E-state index contributed by atoms with van der Waals surface area (Å²) in [5.74, 6) is 1.42. The second-order valence-electron chi connectivity index (χ2n) is 6.49. The van der Waals surface area contributed by atoms with Gasteiger partial charge in [0.25, 0.3) is 0 Å². The predicted molar refractivity (Wildman–Crippen MR) is 96.4 cm³/mol. The van der Waals surface area contributed by atoms with E-state index in [9.17, 15) is 4.79 Å². The molecule has 0 radical (unpaired) electrons. The summed E-state index contributed by atoms with van der Waals surface area (Å²) in [7, 11) is 0. The highest BCUT2D eigenvalue weighted by atomic mass is 16.5. The highest BCUT2D eigenvalue weighted by molar-refractivity contribution is 5.77. The largest absolute Gasteiger partial charge is 0.356 e. The molecule has 26 heavy (non-hydrogen) atoms. The van der Waals surface area contributed by atoms with Crippen molar-refractivity contribution in [3.63, 3.8) is 0 Å². The van der Waals surface area contributed by atoms with Crippen LogP contribution in [0.5, 0.6) is 0 Å². The molecule has 1 aliphatic rings. The number of carbonyl (C=O) groups is 1. The molecule has 0 aliphatic heterocycles. The molecule has 1 aliphatic carbocycles. The summed E-state index contributed by atoms with van der Waals surface area (Å²) in [6.45, 7) is 0.488. The van der Waals surface area contributed by atoms with E-state index in [4.69, 9.17) is 4.52 Å². The van der Waals surface area contributed by atoms with Gasteiger partial charge in [0, 0.05) is 37.3 Å². The molecule has 1 atom stereocenters. The van der Waals surface area contributed by atoms with Gasteiger partial charge in [0.2, 0.25) is 17.6 Å². The molecule has 1 N–H and O–H groups in total. The van der Waals surface area contributed by atoms with Crippen LogP contribution in [-0.2, 0) is 17.6 Å². The molecule has 0 fully saturated rings. The summed E-state index contributed by atoms with van der Waals surface area (Å²) in [6.07, 6.45) is 6.54. The van der Waals surface area contributed by atoms with Crippen LogP contribution in [0.15, 0.2) is 53.3 Å². The highest BCUT2D eigenvalue weighted by Crippen LogP contribution is 2.34. The number of amides is 1. The maximum Gasteiger partial charge on any atom is 0.228 e. The van der Waals surface area contributed by atoms with Crippen LogP contribution in [0, 0.1) is 0 Å². The van der Waals surface area contributed by atoms with Gasteiger partial charge in [-0.25, -0.2) is 0 Å². The summed E-state index contributed by atoms with van der Waals surface area (Å²) in [5.41, 5.74) is 3.51. The van der Waals surface area contributed by atoms with Gasteiger partial charge in [-0.15, -0.1) is 0 Å². The molecule has 0 bridgehead atoms. The van der Waals surface area contributed by atoms with E-state index in [2.05, 4.69) is 38.6 Å². The average molecular weight is 348 g/mol. The van der Waals surface area contributed by atoms with Crippen LogP contribution in [0.3, 0.4) is 0 Å². The lowest BCUT2D eigenvalue weighted by atomic mass is 9.97. The van der Waals surface area contributed by atoms with Crippen LogP contribution in [0.4, 0.5) is 0 Å². The van der Waals surface area contributed by atoms with Gasteiger partial charge in [-0.1, -0.05) is 29.4 Å². The maximum atomic E-state index is 12.2. The summed E-state index contributed by atoms with van der Waals surface area (Å²) >= 11 is 0. The molecule has 2 aromatic heterocycles. The van der Waals surface area contributed by atoms with Gasteiger partial charge in [-0.2, -0.15) is 4.98 Å². The molecule has 0 unspecified atom stereocenters. The van der Waals surface area contributed by atoms with E-state index >= 15 is 0 Å². The number of pyridine rings is 1. The summed E-state index contributed by atoms with van der Waals surface area (Å²) < 4.78 is 5.24. The number of benzene rings is 1. The van der Waals surface area contributed by atoms with Crippen LogP contribution in [0.1, 0.15) is 35.8 Å². The maximum absolute atomic E-state index is 12.2. The molecule has 1 aromatic carbocycles. The molecule has 2 heterocycles. The Morgan fingerprint density at radius 1 is 1.23 bits per heavy atom. The number of fused-ring (bicyclic) bond motifs is 1. The zero-order valence-electron chi connectivity index (χ0n) is 14.4. The molecule has 0 saturated heterocycles. The Kier molecular flexibility index (Phi) is 4.73. The van der Waals surface area contributed by atoms with E-state index in [1.54, 1.807) is 12.4 Å². The Morgan fingerprint density at radius 2 is 2.15 bits per heavy atom. The van der Waals surface area contributed by atoms with Gasteiger partial charge in [-0.3, -0.25) is 9.78 Å². The van der Waals surface area contributed by atoms with Gasteiger partial charge in [0.1, 0.15) is 0 Å². The van der Waals surface area contributed by atoms with Crippen molar-refractivity contribution < 1.29 is 9.32 Å². The monoisotopic (exact) mass is 348 g/mol. The zero-order chi connectivity index (χ0) is 17.8. The molecule has 4 rings (SSSR count). The molecule has 0 saturated carbocycles. The lowest BCUT2D eigenvalue weighted by molar-refractivity contribution is -0.121. The van der Waals surface area contributed by atoms with Crippen LogP contribution < -0.4 is 5.32 Å². The fraction of sp³-hybridized carbons (Fsp3) is 0.300. The summed E-state index contributed by atoms with van der Waals surface area (Å²) in [6, 6.07) is 12.1. The molecule has 1 amide bonds. The van der Waals surface area contributed by atoms with Crippen molar-refractivity contribution in [2.75, 3.05) is 6.54 Å². The standard InChI is InChI=1S/C20H20N4O2/c25-18(12-15-8-7-14-4-1-2-6-17(14)15)22-11-9-19-23-20(24-26-19)16-5-3-10-21-13-16/h1-6,10,13,15H,7-9,11-12H2,(H,22,25)/t15-/m1/s1. The fourth-order valence-electron chi connectivity index (χ4n) is 3.43. The highest BCUT2D eigenvalue weighted by Gasteiger charge is 2.24. The fourth-order valence-corrected chi connectivity index (χ4v) is 3.43. The Balaban J connectivity index is 1.26. The Labute approximate surface area is 151 Å². The minimum Gasteiger partial charge on any atom is -0.356 e. The number of aryl methyl sites for hydroxylation is 1. The van der Waals surface area contributed by atoms with Crippen molar-refractivity contribution in [2.45, 2.75) is 31.6 Å². The van der Waals surface area contributed by atoms with Gasteiger partial charge in [-0.05, 0) is 42.0 Å². The Morgan fingerprint density at radius 3 is 3.04 bits per heavy atom. The van der Waals surface area contributed by atoms with E-state index in [1.807, 2.05) is 18.2 Å². The summed E-state index contributed by atoms with van der Waals surface area (Å²) in [4.78, 5) is 20.6. The third kappa shape index (κ3) is 3.64. The minimum atomic E-state index is 0.0682. The Bertz CT molecular complexity index is 892. The lowest BCUT2D eigenvalue weighted by Gasteiger charge is -2.11. The van der Waals surface area contributed by atoms with Gasteiger partial charge < -0.3 is 9.84 Å². The van der Waals surface area contributed by atoms with E-state index in [-0.39, 0.29) is 5.91 Å². The number of nitrogens with zero attached hydrogens (tertiary/aromatic N) is 3. The van der Waals surface area contributed by atoms with Gasteiger partial charge in [0.15, 0.2) is 0 Å². The minimum absolute atomic E-state index is 0.0682. The smallest absolute Gasteiger partial charge is 0.228 e. The van der Waals surface area contributed by atoms with Crippen molar-refractivity contribution >= 4 is 5.91 Å². The van der Waals surface area contributed by atoms with Crippen LogP contribution >= 0.6 is 0 Å². The quantitative estimate of drug-likeness (QED) is 0.741. The van der Waals surface area contributed by atoms with Crippen molar-refractivity contribution in [3.8, 4) is 11.4 Å². The van der Waals surface area contributed by atoms with Gasteiger partial charge in [0.05, 0.1) is 0 Å². The second kappa shape index (κ2) is 7.47. The Hall–Kier alpha value is -3.02. The predicted octanol–water partition coefficient (Wildman–Crippen LogP) is 2.91. The first-order valence-electron chi connectivity index (χ1n) is 8.87. The van der Waals surface area contributed by atoms with E-state index in [0.717, 1.165) is 18.4 Å². The lowest BCUT2D eigenvalue weighted by Crippen LogP contribution is -2.26. The number of hydrogen-bond acceptors (Lipinski definition) is 5. The third-order valence-electron chi connectivity index (χ3n) is 4.74. The van der Waals surface area contributed by atoms with Crippen LogP contribution in [-0.4, -0.2) is 27.6 Å². The average Bonchev–Trinajstić information content (AvgIpc) is 3.30. The first-order valence-corrected chi connectivity index (χ1v) is 8.87.